The Balaban J connectivity index is 1.81. The molecule has 236 valence electrons. The number of nitrogens with zero attached hydrogens (tertiary/aromatic N) is 2. The molecule has 0 saturated heterocycles. The first kappa shape index (κ1) is 34.2. The van der Waals surface area contributed by atoms with E-state index in [0.29, 0.717) is 11.4 Å². The Kier molecular flexibility index (Phi) is 11.8. The van der Waals surface area contributed by atoms with Gasteiger partial charge in [-0.05, 0) is 73.9 Å². The predicted octanol–water partition coefficient (Wildman–Crippen LogP) is 7.16. The summed E-state index contributed by atoms with van der Waals surface area (Å²) in [7, 11) is -4.20. The van der Waals surface area contributed by atoms with E-state index in [2.05, 4.69) is 21.2 Å². The number of hydrogen-bond acceptors (Lipinski definition) is 4. The SMILES string of the molecule is CC[C@H](C)NC(=O)[C@H](Cc1ccccc1)N(Cc1cccc(Br)c1)C(=O)CN(c1cccc(Cl)c1)S(=O)(=O)c1ccc(C)cc1. The summed E-state index contributed by atoms with van der Waals surface area (Å²) in [4.78, 5) is 29.9. The molecule has 2 amide bonds. The van der Waals surface area contributed by atoms with Crippen molar-refractivity contribution < 1.29 is 18.0 Å². The fraction of sp³-hybridized carbons (Fsp3) is 0.257. The van der Waals surface area contributed by atoms with Crippen LogP contribution in [0.1, 0.15) is 37.0 Å². The van der Waals surface area contributed by atoms with Crippen molar-refractivity contribution in [3.8, 4) is 0 Å². The number of hydrogen-bond donors (Lipinski definition) is 1. The van der Waals surface area contributed by atoms with E-state index >= 15 is 0 Å². The first-order chi connectivity index (χ1) is 21.5. The van der Waals surface area contributed by atoms with Gasteiger partial charge in [0.2, 0.25) is 11.8 Å². The number of rotatable bonds is 13. The van der Waals surface area contributed by atoms with E-state index in [0.717, 1.165) is 25.5 Å². The van der Waals surface area contributed by atoms with E-state index in [1.807, 2.05) is 75.4 Å². The molecule has 0 aliphatic carbocycles. The van der Waals surface area contributed by atoms with Gasteiger partial charge in [-0.2, -0.15) is 0 Å². The van der Waals surface area contributed by atoms with Gasteiger partial charge in [-0.1, -0.05) is 101 Å². The maximum absolute atomic E-state index is 14.5. The van der Waals surface area contributed by atoms with Gasteiger partial charge in [-0.25, -0.2) is 8.42 Å². The fourth-order valence-corrected chi connectivity index (χ4v) is 6.86. The van der Waals surface area contributed by atoms with Crippen LogP contribution in [0.5, 0.6) is 0 Å². The monoisotopic (exact) mass is 709 g/mol. The third-order valence-electron chi connectivity index (χ3n) is 7.50. The second kappa shape index (κ2) is 15.6. The zero-order valence-corrected chi connectivity index (χ0v) is 28.6. The number of anilines is 1. The fourth-order valence-electron chi connectivity index (χ4n) is 4.82. The summed E-state index contributed by atoms with van der Waals surface area (Å²) < 4.78 is 30.1. The first-order valence-corrected chi connectivity index (χ1v) is 17.3. The quantitative estimate of drug-likeness (QED) is 0.160. The van der Waals surface area contributed by atoms with Crippen LogP contribution >= 0.6 is 27.5 Å². The van der Waals surface area contributed by atoms with Gasteiger partial charge < -0.3 is 10.2 Å². The molecule has 2 atom stereocenters. The standard InChI is InChI=1S/C35H37BrClN3O4S/c1-4-26(3)38-35(42)33(21-27-10-6-5-7-11-27)39(23-28-12-8-13-29(36)20-28)34(41)24-40(31-15-9-14-30(37)22-31)45(43,44)32-18-16-25(2)17-19-32/h5-20,22,26,33H,4,21,23-24H2,1-3H3,(H,38,42)/t26-,33-/m0/s1. The van der Waals surface area contributed by atoms with Crippen molar-refractivity contribution in [3.63, 3.8) is 0 Å². The van der Waals surface area contributed by atoms with E-state index < -0.39 is 28.5 Å². The molecule has 0 bridgehead atoms. The predicted molar refractivity (Wildman–Crippen MR) is 184 cm³/mol. The average Bonchev–Trinajstić information content (AvgIpc) is 3.02. The van der Waals surface area contributed by atoms with Crippen LogP contribution in [-0.2, 0) is 32.6 Å². The summed E-state index contributed by atoms with van der Waals surface area (Å²) in [6.07, 6.45) is 0.950. The second-order valence-corrected chi connectivity index (χ2v) is 14.2. The topological polar surface area (TPSA) is 86.8 Å². The van der Waals surface area contributed by atoms with Crippen molar-refractivity contribution in [2.45, 2.75) is 57.1 Å². The molecule has 45 heavy (non-hydrogen) atoms. The summed E-state index contributed by atoms with van der Waals surface area (Å²) in [6.45, 7) is 5.28. The Bertz CT molecular complexity index is 1720. The molecule has 0 fully saturated rings. The van der Waals surface area contributed by atoms with Crippen LogP contribution in [0.15, 0.2) is 112 Å². The second-order valence-electron chi connectivity index (χ2n) is 11.0. The molecule has 4 aromatic carbocycles. The average molecular weight is 711 g/mol. The van der Waals surface area contributed by atoms with Crippen LogP contribution in [0.3, 0.4) is 0 Å². The minimum atomic E-state index is -4.20. The third kappa shape index (κ3) is 9.19. The molecule has 0 radical (unpaired) electrons. The lowest BCUT2D eigenvalue weighted by atomic mass is 10.0. The highest BCUT2D eigenvalue weighted by molar-refractivity contribution is 9.10. The summed E-state index contributed by atoms with van der Waals surface area (Å²) in [5, 5.41) is 3.37. The maximum atomic E-state index is 14.5. The Morgan fingerprint density at radius 3 is 2.20 bits per heavy atom. The van der Waals surface area contributed by atoms with E-state index in [1.54, 1.807) is 30.3 Å². The van der Waals surface area contributed by atoms with Crippen LogP contribution in [0.25, 0.3) is 0 Å². The molecule has 0 saturated carbocycles. The van der Waals surface area contributed by atoms with Gasteiger partial charge in [-0.3, -0.25) is 13.9 Å². The third-order valence-corrected chi connectivity index (χ3v) is 10.0. The van der Waals surface area contributed by atoms with Crippen molar-refractivity contribution in [2.24, 2.45) is 0 Å². The number of amides is 2. The van der Waals surface area contributed by atoms with Gasteiger partial charge in [0.1, 0.15) is 12.6 Å². The number of benzene rings is 4. The molecule has 0 aliphatic rings. The molecule has 4 rings (SSSR count). The van der Waals surface area contributed by atoms with Crippen LogP contribution in [0.4, 0.5) is 5.69 Å². The van der Waals surface area contributed by atoms with E-state index in [4.69, 9.17) is 11.6 Å². The van der Waals surface area contributed by atoms with Gasteiger partial charge in [0.15, 0.2) is 0 Å². The molecule has 4 aromatic rings. The number of nitrogens with one attached hydrogen (secondary N) is 1. The molecule has 10 heteroatoms. The minimum Gasteiger partial charge on any atom is -0.352 e. The van der Waals surface area contributed by atoms with Crippen LogP contribution in [-0.4, -0.2) is 43.8 Å². The molecular weight excluding hydrogens is 674 g/mol. The highest BCUT2D eigenvalue weighted by Crippen LogP contribution is 2.27. The zero-order chi connectivity index (χ0) is 32.6. The van der Waals surface area contributed by atoms with Crippen molar-refractivity contribution >= 4 is 55.1 Å². The minimum absolute atomic E-state index is 0.0368. The lowest BCUT2D eigenvalue weighted by Gasteiger charge is -2.34. The molecular formula is C35H37BrClN3O4S. The number of carbonyl (C=O) groups is 2. The smallest absolute Gasteiger partial charge is 0.264 e. The first-order valence-electron chi connectivity index (χ1n) is 14.7. The summed E-state index contributed by atoms with van der Waals surface area (Å²) >= 11 is 9.80. The van der Waals surface area contributed by atoms with Crippen molar-refractivity contribution in [3.05, 3.63) is 129 Å². The van der Waals surface area contributed by atoms with Crippen molar-refractivity contribution in [1.29, 1.82) is 0 Å². The number of aryl methyl sites for hydroxylation is 1. The van der Waals surface area contributed by atoms with Gasteiger partial charge in [0.25, 0.3) is 10.0 Å². The normalized spacial score (nSPS) is 12.6. The largest absolute Gasteiger partial charge is 0.352 e. The lowest BCUT2D eigenvalue weighted by molar-refractivity contribution is -0.140. The van der Waals surface area contributed by atoms with Gasteiger partial charge in [0.05, 0.1) is 10.6 Å². The molecule has 7 nitrogen and oxygen atoms in total. The van der Waals surface area contributed by atoms with Crippen LogP contribution in [0, 0.1) is 6.92 Å². The summed E-state index contributed by atoms with van der Waals surface area (Å²) in [5.41, 5.74) is 2.79. The van der Waals surface area contributed by atoms with Gasteiger partial charge in [0, 0.05) is 28.5 Å². The Morgan fingerprint density at radius 2 is 1.56 bits per heavy atom. The van der Waals surface area contributed by atoms with Gasteiger partial charge in [-0.15, -0.1) is 0 Å². The zero-order valence-electron chi connectivity index (χ0n) is 25.5. The number of carbonyl (C=O) groups excluding carboxylic acids is 2. The van der Waals surface area contributed by atoms with E-state index in [9.17, 15) is 18.0 Å². The van der Waals surface area contributed by atoms with E-state index in [-0.39, 0.29) is 35.5 Å². The Labute approximate surface area is 279 Å². The molecule has 0 aliphatic heterocycles. The van der Waals surface area contributed by atoms with Gasteiger partial charge >= 0.3 is 0 Å². The number of sulfonamides is 1. The molecule has 0 aromatic heterocycles. The Hall–Kier alpha value is -3.66. The summed E-state index contributed by atoms with van der Waals surface area (Å²) in [5.74, 6) is -0.849. The molecule has 1 N–H and O–H groups in total. The van der Waals surface area contributed by atoms with Crippen molar-refractivity contribution in [2.75, 3.05) is 10.8 Å². The lowest BCUT2D eigenvalue weighted by Crippen LogP contribution is -2.54. The van der Waals surface area contributed by atoms with E-state index in [1.165, 1.54) is 23.1 Å². The van der Waals surface area contributed by atoms with Crippen LogP contribution < -0.4 is 9.62 Å². The highest BCUT2D eigenvalue weighted by atomic mass is 79.9. The van der Waals surface area contributed by atoms with Crippen LogP contribution in [0.2, 0.25) is 5.02 Å². The summed E-state index contributed by atoms with van der Waals surface area (Å²) in [6, 6.07) is 28.7. The Morgan fingerprint density at radius 1 is 0.889 bits per heavy atom. The molecule has 0 spiro atoms. The molecule has 0 heterocycles. The highest BCUT2D eigenvalue weighted by Gasteiger charge is 2.35. The molecule has 0 unspecified atom stereocenters. The number of halogens is 2. The van der Waals surface area contributed by atoms with Crippen molar-refractivity contribution in [1.82, 2.24) is 10.2 Å². The maximum Gasteiger partial charge on any atom is 0.264 e.